The van der Waals surface area contributed by atoms with Crippen molar-refractivity contribution in [3.8, 4) is 0 Å². The Labute approximate surface area is 174 Å². The molecular formula is C22H33ClN2O3. The van der Waals surface area contributed by atoms with Gasteiger partial charge in [-0.1, -0.05) is 12.1 Å². The number of carbonyl (C=O) groups is 2. The quantitative estimate of drug-likeness (QED) is 0.728. The molecule has 0 unspecified atom stereocenters. The summed E-state index contributed by atoms with van der Waals surface area (Å²) in [6, 6.07) is 8.29. The van der Waals surface area contributed by atoms with E-state index in [9.17, 15) is 9.59 Å². The highest BCUT2D eigenvalue weighted by molar-refractivity contribution is 5.94. The summed E-state index contributed by atoms with van der Waals surface area (Å²) in [4.78, 5) is 26.0. The monoisotopic (exact) mass is 408 g/mol. The summed E-state index contributed by atoms with van der Waals surface area (Å²) in [5.74, 6) is 1.26. The summed E-state index contributed by atoms with van der Waals surface area (Å²) < 4.78 is 4.69. The fraction of sp³-hybridized carbons (Fsp3) is 0.636. The van der Waals surface area contributed by atoms with Crippen LogP contribution in [0.4, 0.5) is 0 Å². The van der Waals surface area contributed by atoms with Crippen molar-refractivity contribution in [1.82, 2.24) is 10.2 Å². The van der Waals surface area contributed by atoms with Gasteiger partial charge in [0.15, 0.2) is 0 Å². The zero-order chi connectivity index (χ0) is 19.1. The molecule has 3 rings (SSSR count). The van der Waals surface area contributed by atoms with Crippen LogP contribution >= 0.6 is 12.4 Å². The number of amides is 1. The number of esters is 1. The number of likely N-dealkylation sites (tertiary alicyclic amines) is 1. The molecule has 2 aliphatic heterocycles. The highest BCUT2D eigenvalue weighted by Crippen LogP contribution is 2.27. The van der Waals surface area contributed by atoms with Crippen molar-refractivity contribution in [2.24, 2.45) is 5.92 Å². The largest absolute Gasteiger partial charge is 0.469 e. The first-order chi connectivity index (χ1) is 13.2. The number of rotatable bonds is 6. The lowest BCUT2D eigenvalue weighted by Crippen LogP contribution is -2.38. The van der Waals surface area contributed by atoms with E-state index in [1.807, 2.05) is 17.0 Å². The first kappa shape index (κ1) is 22.7. The molecule has 6 heteroatoms. The van der Waals surface area contributed by atoms with Crippen molar-refractivity contribution in [3.63, 3.8) is 0 Å². The maximum Gasteiger partial charge on any atom is 0.305 e. The topological polar surface area (TPSA) is 58.6 Å². The molecule has 0 bridgehead atoms. The molecule has 0 atom stereocenters. The Balaban J connectivity index is 0.00000280. The number of ether oxygens (including phenoxy) is 1. The molecule has 156 valence electrons. The molecule has 0 saturated carbocycles. The third-order valence-corrected chi connectivity index (χ3v) is 6.09. The lowest BCUT2D eigenvalue weighted by atomic mass is 9.89. The van der Waals surface area contributed by atoms with Crippen molar-refractivity contribution >= 4 is 24.3 Å². The molecular weight excluding hydrogens is 376 g/mol. The van der Waals surface area contributed by atoms with E-state index >= 15 is 0 Å². The summed E-state index contributed by atoms with van der Waals surface area (Å²) >= 11 is 0. The number of piperidine rings is 2. The first-order valence-electron chi connectivity index (χ1n) is 10.3. The molecule has 1 aromatic rings. The van der Waals surface area contributed by atoms with Crippen LogP contribution in [0.5, 0.6) is 0 Å². The summed E-state index contributed by atoms with van der Waals surface area (Å²) in [5, 5.41) is 3.40. The Morgan fingerprint density at radius 3 is 2.32 bits per heavy atom. The van der Waals surface area contributed by atoms with Crippen LogP contribution < -0.4 is 5.32 Å². The molecule has 5 nitrogen and oxygen atoms in total. The van der Waals surface area contributed by atoms with E-state index < -0.39 is 0 Å². The van der Waals surface area contributed by atoms with E-state index in [2.05, 4.69) is 22.2 Å². The summed E-state index contributed by atoms with van der Waals surface area (Å²) in [6.07, 6.45) is 6.83. The lowest BCUT2D eigenvalue weighted by molar-refractivity contribution is -0.140. The van der Waals surface area contributed by atoms with E-state index in [-0.39, 0.29) is 24.3 Å². The molecule has 0 spiro atoms. The Kier molecular flexibility index (Phi) is 9.26. The van der Waals surface area contributed by atoms with Gasteiger partial charge in [-0.25, -0.2) is 0 Å². The van der Waals surface area contributed by atoms with E-state index in [0.717, 1.165) is 57.4 Å². The summed E-state index contributed by atoms with van der Waals surface area (Å²) in [7, 11) is 1.44. The van der Waals surface area contributed by atoms with Gasteiger partial charge in [0.1, 0.15) is 0 Å². The van der Waals surface area contributed by atoms with Crippen molar-refractivity contribution in [1.29, 1.82) is 0 Å². The molecule has 1 N–H and O–H groups in total. The van der Waals surface area contributed by atoms with Crippen molar-refractivity contribution in [3.05, 3.63) is 35.4 Å². The maximum atomic E-state index is 12.8. The van der Waals surface area contributed by atoms with Gasteiger partial charge >= 0.3 is 5.97 Å². The second-order valence-corrected chi connectivity index (χ2v) is 7.85. The second-order valence-electron chi connectivity index (χ2n) is 7.85. The van der Waals surface area contributed by atoms with Crippen LogP contribution in [0.25, 0.3) is 0 Å². The van der Waals surface area contributed by atoms with Crippen LogP contribution in [0.1, 0.15) is 66.8 Å². The van der Waals surface area contributed by atoms with Crippen LogP contribution in [-0.4, -0.2) is 50.1 Å². The SMILES string of the molecule is COC(=O)CCCC1CCN(C(=O)c2ccc(C3CCNCC3)cc2)CC1.Cl. The van der Waals surface area contributed by atoms with Gasteiger partial charge < -0.3 is 15.0 Å². The average Bonchev–Trinajstić information content (AvgIpc) is 2.74. The van der Waals surface area contributed by atoms with E-state index in [1.165, 1.54) is 25.5 Å². The molecule has 2 heterocycles. The van der Waals surface area contributed by atoms with Crippen molar-refractivity contribution in [2.45, 2.75) is 50.9 Å². The van der Waals surface area contributed by atoms with Crippen LogP contribution in [-0.2, 0) is 9.53 Å². The number of hydrogen-bond donors (Lipinski definition) is 1. The molecule has 0 aliphatic carbocycles. The Bertz CT molecular complexity index is 621. The van der Waals surface area contributed by atoms with Gasteiger partial charge in [-0.15, -0.1) is 12.4 Å². The fourth-order valence-corrected chi connectivity index (χ4v) is 4.30. The molecule has 2 saturated heterocycles. The molecule has 1 amide bonds. The van der Waals surface area contributed by atoms with Gasteiger partial charge in [0.2, 0.25) is 0 Å². The molecule has 28 heavy (non-hydrogen) atoms. The Morgan fingerprint density at radius 1 is 1.07 bits per heavy atom. The maximum absolute atomic E-state index is 12.8. The molecule has 1 aromatic carbocycles. The Hall–Kier alpha value is -1.59. The normalized spacial score (nSPS) is 18.4. The van der Waals surface area contributed by atoms with Gasteiger partial charge in [0.25, 0.3) is 5.91 Å². The van der Waals surface area contributed by atoms with Crippen molar-refractivity contribution in [2.75, 3.05) is 33.3 Å². The van der Waals surface area contributed by atoms with Crippen molar-refractivity contribution < 1.29 is 14.3 Å². The van der Waals surface area contributed by atoms with Gasteiger partial charge in [-0.05, 0) is 81.1 Å². The van der Waals surface area contributed by atoms with E-state index in [4.69, 9.17) is 0 Å². The number of halogens is 1. The third-order valence-electron chi connectivity index (χ3n) is 6.09. The van der Waals surface area contributed by atoms with Gasteiger partial charge in [0, 0.05) is 25.1 Å². The Morgan fingerprint density at radius 2 is 1.71 bits per heavy atom. The van der Waals surface area contributed by atoms with Gasteiger partial charge in [-0.2, -0.15) is 0 Å². The number of methoxy groups -OCH3 is 1. The number of nitrogens with one attached hydrogen (secondary N) is 1. The minimum absolute atomic E-state index is 0. The van der Waals surface area contributed by atoms with Crippen LogP contribution in [0.2, 0.25) is 0 Å². The molecule has 0 aromatic heterocycles. The summed E-state index contributed by atoms with van der Waals surface area (Å²) in [6.45, 7) is 3.80. The number of hydrogen-bond acceptors (Lipinski definition) is 4. The van der Waals surface area contributed by atoms with E-state index in [0.29, 0.717) is 18.3 Å². The van der Waals surface area contributed by atoms with Crippen LogP contribution in [0, 0.1) is 5.92 Å². The standard InChI is InChI=1S/C22H32N2O3.ClH/c1-27-21(25)4-2-3-17-11-15-24(16-12-17)22(26)20-7-5-18(6-8-20)19-9-13-23-14-10-19;/h5-8,17,19,23H,2-4,9-16H2,1H3;1H. The minimum atomic E-state index is -0.129. The predicted molar refractivity (Wildman–Crippen MR) is 113 cm³/mol. The number of nitrogens with zero attached hydrogens (tertiary/aromatic N) is 1. The fourth-order valence-electron chi connectivity index (χ4n) is 4.30. The molecule has 2 aliphatic rings. The summed E-state index contributed by atoms with van der Waals surface area (Å²) in [5.41, 5.74) is 2.16. The minimum Gasteiger partial charge on any atom is -0.469 e. The molecule has 2 fully saturated rings. The second kappa shape index (κ2) is 11.4. The predicted octanol–water partition coefficient (Wildman–Crippen LogP) is 3.77. The zero-order valence-corrected chi connectivity index (χ0v) is 17.6. The third kappa shape index (κ3) is 6.21. The van der Waals surface area contributed by atoms with Crippen LogP contribution in [0.15, 0.2) is 24.3 Å². The van der Waals surface area contributed by atoms with Gasteiger partial charge in [0.05, 0.1) is 7.11 Å². The van der Waals surface area contributed by atoms with Gasteiger partial charge in [-0.3, -0.25) is 9.59 Å². The number of carbonyl (C=O) groups excluding carboxylic acids is 2. The average molecular weight is 409 g/mol. The van der Waals surface area contributed by atoms with E-state index in [1.54, 1.807) is 0 Å². The zero-order valence-electron chi connectivity index (χ0n) is 16.8. The smallest absolute Gasteiger partial charge is 0.305 e. The number of benzene rings is 1. The highest BCUT2D eigenvalue weighted by Gasteiger charge is 2.24. The first-order valence-corrected chi connectivity index (χ1v) is 10.3. The highest BCUT2D eigenvalue weighted by atomic mass is 35.5. The van der Waals surface area contributed by atoms with Crippen LogP contribution in [0.3, 0.4) is 0 Å². The molecule has 0 radical (unpaired) electrons. The lowest BCUT2D eigenvalue weighted by Gasteiger charge is -2.32.